The van der Waals surface area contributed by atoms with Gasteiger partial charge in [0.1, 0.15) is 0 Å². The summed E-state index contributed by atoms with van der Waals surface area (Å²) in [5.41, 5.74) is 0.0364. The summed E-state index contributed by atoms with van der Waals surface area (Å²) in [6.45, 7) is 1.67. The molecule has 0 unspecified atom stereocenters. The van der Waals surface area contributed by atoms with Gasteiger partial charge in [-0.1, -0.05) is 29.8 Å². The number of benzene rings is 2. The van der Waals surface area contributed by atoms with E-state index in [2.05, 4.69) is 10.6 Å². The molecule has 2 aromatic carbocycles. The van der Waals surface area contributed by atoms with E-state index >= 15 is 0 Å². The predicted molar refractivity (Wildman–Crippen MR) is 108 cm³/mol. The second kappa shape index (κ2) is 8.26. The van der Waals surface area contributed by atoms with Gasteiger partial charge in [0, 0.05) is 5.69 Å². The molecular formula is C20H14ClF3N2O2S. The van der Waals surface area contributed by atoms with Gasteiger partial charge in [-0.2, -0.15) is 13.2 Å². The maximum absolute atomic E-state index is 12.8. The van der Waals surface area contributed by atoms with E-state index in [4.69, 9.17) is 11.6 Å². The third kappa shape index (κ3) is 4.96. The molecule has 0 spiro atoms. The number of alkyl halides is 3. The average Bonchev–Trinajstić information content (AvgIpc) is 3.01. The summed E-state index contributed by atoms with van der Waals surface area (Å²) >= 11 is 7.02. The van der Waals surface area contributed by atoms with Crippen LogP contribution in [0.25, 0.3) is 0 Å². The van der Waals surface area contributed by atoms with Crippen LogP contribution in [-0.4, -0.2) is 11.8 Å². The van der Waals surface area contributed by atoms with Crippen molar-refractivity contribution in [3.63, 3.8) is 0 Å². The van der Waals surface area contributed by atoms with Crippen molar-refractivity contribution in [3.8, 4) is 0 Å². The third-order valence-corrected chi connectivity index (χ3v) is 5.41. The van der Waals surface area contributed by atoms with E-state index < -0.39 is 23.6 Å². The Hall–Kier alpha value is -2.84. The zero-order valence-corrected chi connectivity index (χ0v) is 16.5. The normalized spacial score (nSPS) is 11.2. The molecule has 0 radical (unpaired) electrons. The van der Waals surface area contributed by atoms with Gasteiger partial charge >= 0.3 is 6.18 Å². The van der Waals surface area contributed by atoms with Gasteiger partial charge in [-0.25, -0.2) is 0 Å². The highest BCUT2D eigenvalue weighted by molar-refractivity contribution is 7.18. The van der Waals surface area contributed by atoms with E-state index in [9.17, 15) is 22.8 Å². The van der Waals surface area contributed by atoms with Crippen molar-refractivity contribution < 1.29 is 22.8 Å². The van der Waals surface area contributed by atoms with Crippen LogP contribution in [-0.2, 0) is 6.18 Å². The quantitative estimate of drug-likeness (QED) is 0.507. The van der Waals surface area contributed by atoms with E-state index in [1.165, 1.54) is 12.1 Å². The van der Waals surface area contributed by atoms with Crippen LogP contribution in [0.3, 0.4) is 0 Å². The van der Waals surface area contributed by atoms with Gasteiger partial charge in [0.25, 0.3) is 11.8 Å². The molecule has 0 fully saturated rings. The lowest BCUT2D eigenvalue weighted by Crippen LogP contribution is -2.13. The van der Waals surface area contributed by atoms with Gasteiger partial charge in [-0.15, -0.1) is 11.3 Å². The van der Waals surface area contributed by atoms with Crippen LogP contribution in [0.2, 0.25) is 5.02 Å². The molecule has 0 aliphatic carbocycles. The van der Waals surface area contributed by atoms with Crippen molar-refractivity contribution in [2.75, 3.05) is 10.6 Å². The molecule has 0 aliphatic rings. The zero-order valence-electron chi connectivity index (χ0n) is 14.9. The molecule has 1 heterocycles. The lowest BCUT2D eigenvalue weighted by atomic mass is 10.2. The first-order valence-electron chi connectivity index (χ1n) is 8.30. The van der Waals surface area contributed by atoms with Crippen molar-refractivity contribution in [3.05, 3.63) is 81.2 Å². The Morgan fingerprint density at radius 2 is 1.69 bits per heavy atom. The number of hydrogen-bond acceptors (Lipinski definition) is 3. The molecule has 29 heavy (non-hydrogen) atoms. The molecule has 4 nitrogen and oxygen atoms in total. The topological polar surface area (TPSA) is 58.2 Å². The maximum Gasteiger partial charge on any atom is 0.416 e. The molecule has 0 aliphatic heterocycles. The fourth-order valence-electron chi connectivity index (χ4n) is 2.55. The predicted octanol–water partition coefficient (Wildman–Crippen LogP) is 6.23. The first-order chi connectivity index (χ1) is 13.6. The molecule has 0 saturated heterocycles. The molecule has 0 atom stereocenters. The molecule has 3 rings (SSSR count). The van der Waals surface area contributed by atoms with Crippen LogP contribution in [0.1, 0.15) is 31.2 Å². The third-order valence-electron chi connectivity index (χ3n) is 3.93. The number of carbonyl (C=O) groups is 2. The molecular weight excluding hydrogens is 425 g/mol. The number of rotatable bonds is 4. The molecule has 150 valence electrons. The van der Waals surface area contributed by atoms with Crippen LogP contribution in [0.15, 0.2) is 54.6 Å². The SMILES string of the molecule is Cc1cc(NC(=O)c2ccccc2Cl)sc1C(=O)Nc1cccc(C(F)(F)F)c1. The molecule has 9 heteroatoms. The fourth-order valence-corrected chi connectivity index (χ4v) is 3.74. The van der Waals surface area contributed by atoms with E-state index in [-0.39, 0.29) is 16.1 Å². The molecule has 3 aromatic rings. The Morgan fingerprint density at radius 3 is 2.38 bits per heavy atom. The highest BCUT2D eigenvalue weighted by Gasteiger charge is 2.30. The minimum atomic E-state index is -4.50. The van der Waals surface area contributed by atoms with Gasteiger partial charge in [0.2, 0.25) is 0 Å². The summed E-state index contributed by atoms with van der Waals surface area (Å²) in [5, 5.41) is 5.84. The zero-order chi connectivity index (χ0) is 21.2. The van der Waals surface area contributed by atoms with Gasteiger partial charge in [0.15, 0.2) is 0 Å². The number of amides is 2. The number of thiophene rings is 1. The lowest BCUT2D eigenvalue weighted by molar-refractivity contribution is -0.137. The van der Waals surface area contributed by atoms with Crippen LogP contribution in [0.4, 0.5) is 23.9 Å². The molecule has 2 N–H and O–H groups in total. The van der Waals surface area contributed by atoms with Crippen LogP contribution < -0.4 is 10.6 Å². The monoisotopic (exact) mass is 438 g/mol. The van der Waals surface area contributed by atoms with E-state index in [0.717, 1.165) is 23.5 Å². The number of aryl methyl sites for hydroxylation is 1. The van der Waals surface area contributed by atoms with Crippen LogP contribution in [0.5, 0.6) is 0 Å². The van der Waals surface area contributed by atoms with Crippen LogP contribution >= 0.6 is 22.9 Å². The van der Waals surface area contributed by atoms with Crippen molar-refractivity contribution in [1.82, 2.24) is 0 Å². The van der Waals surface area contributed by atoms with Crippen molar-refractivity contribution in [2.24, 2.45) is 0 Å². The largest absolute Gasteiger partial charge is 0.416 e. The van der Waals surface area contributed by atoms with E-state index in [0.29, 0.717) is 15.6 Å². The Kier molecular flexibility index (Phi) is 5.95. The summed E-state index contributed by atoms with van der Waals surface area (Å²) in [7, 11) is 0. The fraction of sp³-hybridized carbons (Fsp3) is 0.100. The number of nitrogens with one attached hydrogen (secondary N) is 2. The van der Waals surface area contributed by atoms with Gasteiger partial charge in [-0.05, 0) is 48.9 Å². The molecule has 0 bridgehead atoms. The standard InChI is InChI=1S/C20H14ClF3N2O2S/c1-11-9-16(26-18(27)14-7-2-3-8-15(14)21)29-17(11)19(28)25-13-6-4-5-12(10-13)20(22,23)24/h2-10H,1H3,(H,25,28)(H,26,27). The smallest absolute Gasteiger partial charge is 0.321 e. The van der Waals surface area contributed by atoms with Gasteiger partial charge < -0.3 is 10.6 Å². The second-order valence-corrected chi connectivity index (χ2v) is 7.55. The van der Waals surface area contributed by atoms with E-state index in [1.807, 2.05) is 0 Å². The average molecular weight is 439 g/mol. The number of anilines is 2. The minimum absolute atomic E-state index is 0.0271. The molecule has 2 amide bonds. The molecule has 1 aromatic heterocycles. The second-order valence-electron chi connectivity index (χ2n) is 6.09. The van der Waals surface area contributed by atoms with Crippen molar-refractivity contribution in [2.45, 2.75) is 13.1 Å². The minimum Gasteiger partial charge on any atom is -0.321 e. The highest BCUT2D eigenvalue weighted by Crippen LogP contribution is 2.32. The van der Waals surface area contributed by atoms with Crippen molar-refractivity contribution >= 4 is 45.4 Å². The number of halogens is 4. The van der Waals surface area contributed by atoms with Gasteiger partial charge in [-0.3, -0.25) is 9.59 Å². The summed E-state index contributed by atoms with van der Waals surface area (Å²) in [6, 6.07) is 12.5. The Balaban J connectivity index is 1.76. The number of hydrogen-bond donors (Lipinski definition) is 2. The van der Waals surface area contributed by atoms with Gasteiger partial charge in [0.05, 0.1) is 26.0 Å². The van der Waals surface area contributed by atoms with E-state index in [1.54, 1.807) is 37.3 Å². The first kappa shape index (κ1) is 20.9. The summed E-state index contributed by atoms with van der Waals surface area (Å²) in [4.78, 5) is 25.1. The lowest BCUT2D eigenvalue weighted by Gasteiger charge is -2.09. The number of carbonyl (C=O) groups excluding carboxylic acids is 2. The Labute approximate surface area is 173 Å². The Bertz CT molecular complexity index is 1080. The summed E-state index contributed by atoms with van der Waals surface area (Å²) < 4.78 is 38.5. The Morgan fingerprint density at radius 1 is 0.966 bits per heavy atom. The maximum atomic E-state index is 12.8. The first-order valence-corrected chi connectivity index (χ1v) is 9.49. The van der Waals surface area contributed by atoms with Crippen molar-refractivity contribution in [1.29, 1.82) is 0 Å². The summed E-state index contributed by atoms with van der Waals surface area (Å²) in [6.07, 6.45) is -4.50. The molecule has 0 saturated carbocycles. The summed E-state index contributed by atoms with van der Waals surface area (Å²) in [5.74, 6) is -0.994. The highest BCUT2D eigenvalue weighted by atomic mass is 35.5. The van der Waals surface area contributed by atoms with Crippen LogP contribution in [0, 0.1) is 6.92 Å².